The number of carbonyl (C=O) groups excluding carboxylic acids is 2. The number of rotatable bonds is 4. The van der Waals surface area contributed by atoms with Crippen molar-refractivity contribution in [3.05, 3.63) is 60.2 Å². The van der Waals surface area contributed by atoms with Gasteiger partial charge in [-0.25, -0.2) is 4.79 Å². The normalized spacial score (nSPS) is 14.4. The Kier molecular flexibility index (Phi) is 6.30. The Morgan fingerprint density at radius 3 is 2.22 bits per heavy atom. The molecule has 0 aliphatic carbocycles. The van der Waals surface area contributed by atoms with Gasteiger partial charge in [0.05, 0.1) is 6.61 Å². The van der Waals surface area contributed by atoms with E-state index in [4.69, 9.17) is 9.47 Å². The van der Waals surface area contributed by atoms with E-state index in [1.54, 1.807) is 46.2 Å². The first-order chi connectivity index (χ1) is 13.2. The van der Waals surface area contributed by atoms with Crippen LogP contribution in [-0.2, 0) is 0 Å². The van der Waals surface area contributed by atoms with Gasteiger partial charge in [-0.05, 0) is 49.7 Å². The average molecular weight is 368 g/mol. The fourth-order valence-corrected chi connectivity index (χ4v) is 3.00. The van der Waals surface area contributed by atoms with E-state index in [-0.39, 0.29) is 12.0 Å². The molecule has 0 saturated carbocycles. The van der Waals surface area contributed by atoms with Gasteiger partial charge in [0.2, 0.25) is 0 Å². The smallest absolute Gasteiger partial charge is 0.415 e. The Morgan fingerprint density at radius 1 is 0.852 bits per heavy atom. The molecule has 27 heavy (non-hydrogen) atoms. The highest BCUT2D eigenvalue weighted by molar-refractivity contribution is 5.94. The van der Waals surface area contributed by atoms with E-state index in [0.717, 1.165) is 5.75 Å². The minimum Gasteiger partial charge on any atom is -0.494 e. The fraction of sp³-hybridized carbons (Fsp3) is 0.333. The van der Waals surface area contributed by atoms with Crippen LogP contribution in [0.2, 0.25) is 0 Å². The zero-order chi connectivity index (χ0) is 19.1. The summed E-state index contributed by atoms with van der Waals surface area (Å²) in [5.41, 5.74) is 0.624. The number of ether oxygens (including phenoxy) is 2. The van der Waals surface area contributed by atoms with Crippen LogP contribution < -0.4 is 9.47 Å². The van der Waals surface area contributed by atoms with Crippen molar-refractivity contribution < 1.29 is 19.1 Å². The summed E-state index contributed by atoms with van der Waals surface area (Å²) in [5.74, 6) is 1.24. The molecule has 1 aliphatic heterocycles. The molecule has 0 N–H and O–H groups in total. The summed E-state index contributed by atoms with van der Waals surface area (Å²) in [6, 6.07) is 16.2. The SMILES string of the molecule is CCOc1ccc(C(=O)N2CCCN(C(=O)Oc3ccccc3)CC2)cc1. The lowest BCUT2D eigenvalue weighted by Crippen LogP contribution is -2.38. The van der Waals surface area contributed by atoms with Gasteiger partial charge in [0.1, 0.15) is 11.5 Å². The molecule has 1 aliphatic rings. The molecule has 1 heterocycles. The predicted molar refractivity (Wildman–Crippen MR) is 102 cm³/mol. The van der Waals surface area contributed by atoms with Crippen LogP contribution in [0.5, 0.6) is 11.5 Å². The van der Waals surface area contributed by atoms with Gasteiger partial charge in [-0.15, -0.1) is 0 Å². The molecular formula is C21H24N2O4. The van der Waals surface area contributed by atoms with Crippen molar-refractivity contribution in [2.75, 3.05) is 32.8 Å². The molecule has 3 rings (SSSR count). The average Bonchev–Trinajstić information content (AvgIpc) is 2.95. The van der Waals surface area contributed by atoms with Crippen LogP contribution in [0.3, 0.4) is 0 Å². The fourth-order valence-electron chi connectivity index (χ4n) is 3.00. The maximum atomic E-state index is 12.7. The van der Waals surface area contributed by atoms with E-state index in [1.165, 1.54) is 0 Å². The molecule has 2 amide bonds. The van der Waals surface area contributed by atoms with Gasteiger partial charge >= 0.3 is 6.09 Å². The summed E-state index contributed by atoms with van der Waals surface area (Å²) in [6.45, 7) is 4.63. The van der Waals surface area contributed by atoms with Gasteiger partial charge in [-0.1, -0.05) is 18.2 Å². The third kappa shape index (κ3) is 5.00. The summed E-state index contributed by atoms with van der Waals surface area (Å²) in [5, 5.41) is 0. The zero-order valence-electron chi connectivity index (χ0n) is 15.5. The summed E-state index contributed by atoms with van der Waals surface area (Å²) >= 11 is 0. The quantitative estimate of drug-likeness (QED) is 0.830. The Bertz CT molecular complexity index is 762. The van der Waals surface area contributed by atoms with Gasteiger partial charge in [0.25, 0.3) is 5.91 Å². The molecule has 142 valence electrons. The second-order valence-electron chi connectivity index (χ2n) is 6.27. The Morgan fingerprint density at radius 2 is 1.52 bits per heavy atom. The molecule has 0 bridgehead atoms. The summed E-state index contributed by atoms with van der Waals surface area (Å²) in [4.78, 5) is 28.5. The van der Waals surface area contributed by atoms with Crippen LogP contribution in [0.1, 0.15) is 23.7 Å². The van der Waals surface area contributed by atoms with Crippen LogP contribution in [-0.4, -0.2) is 54.6 Å². The molecule has 1 fully saturated rings. The monoisotopic (exact) mass is 368 g/mol. The Hall–Kier alpha value is -3.02. The lowest BCUT2D eigenvalue weighted by atomic mass is 10.2. The van der Waals surface area contributed by atoms with Gasteiger partial charge in [-0.3, -0.25) is 4.79 Å². The number of carbonyl (C=O) groups is 2. The second-order valence-corrected chi connectivity index (χ2v) is 6.27. The molecule has 0 spiro atoms. The Labute approximate surface area is 159 Å². The van der Waals surface area contributed by atoms with E-state index < -0.39 is 0 Å². The molecule has 0 atom stereocenters. The minimum atomic E-state index is -0.378. The van der Waals surface area contributed by atoms with Crippen molar-refractivity contribution in [3.8, 4) is 11.5 Å². The van der Waals surface area contributed by atoms with Crippen molar-refractivity contribution in [2.45, 2.75) is 13.3 Å². The molecule has 1 saturated heterocycles. The molecule has 2 aromatic rings. The summed E-state index contributed by atoms with van der Waals surface area (Å²) in [7, 11) is 0. The highest BCUT2D eigenvalue weighted by atomic mass is 16.6. The number of para-hydroxylation sites is 1. The maximum Gasteiger partial charge on any atom is 0.415 e. The van der Waals surface area contributed by atoms with Gasteiger partial charge in [0.15, 0.2) is 0 Å². The third-order valence-corrected chi connectivity index (χ3v) is 4.40. The van der Waals surface area contributed by atoms with E-state index in [2.05, 4.69) is 0 Å². The molecule has 2 aromatic carbocycles. The van der Waals surface area contributed by atoms with Crippen molar-refractivity contribution >= 4 is 12.0 Å². The van der Waals surface area contributed by atoms with E-state index in [0.29, 0.717) is 50.5 Å². The molecule has 0 aromatic heterocycles. The van der Waals surface area contributed by atoms with Crippen LogP contribution in [0.15, 0.2) is 54.6 Å². The number of amides is 2. The van der Waals surface area contributed by atoms with Crippen LogP contribution in [0, 0.1) is 0 Å². The topological polar surface area (TPSA) is 59.1 Å². The van der Waals surface area contributed by atoms with Gasteiger partial charge in [-0.2, -0.15) is 0 Å². The van der Waals surface area contributed by atoms with Crippen molar-refractivity contribution in [2.24, 2.45) is 0 Å². The molecular weight excluding hydrogens is 344 g/mol. The first kappa shape index (κ1) is 18.8. The highest BCUT2D eigenvalue weighted by Crippen LogP contribution is 2.16. The van der Waals surface area contributed by atoms with Crippen LogP contribution in [0.25, 0.3) is 0 Å². The van der Waals surface area contributed by atoms with E-state index in [9.17, 15) is 9.59 Å². The Balaban J connectivity index is 1.57. The van der Waals surface area contributed by atoms with Crippen LogP contribution >= 0.6 is 0 Å². The number of hydrogen-bond acceptors (Lipinski definition) is 4. The van der Waals surface area contributed by atoms with Gasteiger partial charge < -0.3 is 19.3 Å². The zero-order valence-corrected chi connectivity index (χ0v) is 15.5. The molecule has 6 nitrogen and oxygen atoms in total. The number of nitrogens with zero attached hydrogens (tertiary/aromatic N) is 2. The largest absolute Gasteiger partial charge is 0.494 e. The molecule has 0 unspecified atom stereocenters. The van der Waals surface area contributed by atoms with Crippen molar-refractivity contribution in [1.29, 1.82) is 0 Å². The van der Waals surface area contributed by atoms with Crippen molar-refractivity contribution in [1.82, 2.24) is 9.80 Å². The first-order valence-corrected chi connectivity index (χ1v) is 9.21. The highest BCUT2D eigenvalue weighted by Gasteiger charge is 2.24. The lowest BCUT2D eigenvalue weighted by molar-refractivity contribution is 0.0760. The van der Waals surface area contributed by atoms with E-state index in [1.807, 2.05) is 25.1 Å². The lowest BCUT2D eigenvalue weighted by Gasteiger charge is -2.22. The predicted octanol–water partition coefficient (Wildman–Crippen LogP) is 3.43. The van der Waals surface area contributed by atoms with E-state index >= 15 is 0 Å². The van der Waals surface area contributed by atoms with Crippen molar-refractivity contribution in [3.63, 3.8) is 0 Å². The van der Waals surface area contributed by atoms with Gasteiger partial charge in [0, 0.05) is 31.7 Å². The standard InChI is InChI=1S/C21H24N2O4/c1-2-26-18-11-9-17(10-12-18)20(24)22-13-6-14-23(16-15-22)21(25)27-19-7-4-3-5-8-19/h3-5,7-12H,2,6,13-16H2,1H3. The minimum absolute atomic E-state index is 0.0312. The third-order valence-electron chi connectivity index (χ3n) is 4.40. The summed E-state index contributed by atoms with van der Waals surface area (Å²) < 4.78 is 10.8. The first-order valence-electron chi connectivity index (χ1n) is 9.21. The maximum absolute atomic E-state index is 12.7. The number of hydrogen-bond donors (Lipinski definition) is 0. The molecule has 0 radical (unpaired) electrons. The summed E-state index contributed by atoms with van der Waals surface area (Å²) in [6.07, 6.45) is 0.337. The van der Waals surface area contributed by atoms with Crippen LogP contribution in [0.4, 0.5) is 4.79 Å². The number of benzene rings is 2. The second kappa shape index (κ2) is 9.07. The molecule has 6 heteroatoms.